The Morgan fingerprint density at radius 1 is 0.939 bits per heavy atom. The van der Waals surface area contributed by atoms with Crippen LogP contribution in [0.2, 0.25) is 0 Å². The van der Waals surface area contributed by atoms with E-state index in [2.05, 4.69) is 0 Å². The van der Waals surface area contributed by atoms with Gasteiger partial charge in [-0.05, 0) is 19.1 Å². The van der Waals surface area contributed by atoms with Gasteiger partial charge in [-0.2, -0.15) is 5.26 Å². The minimum Gasteiger partial charge on any atom is -0.463 e. The van der Waals surface area contributed by atoms with E-state index in [1.165, 1.54) is 12.1 Å². The van der Waals surface area contributed by atoms with Crippen molar-refractivity contribution in [3.63, 3.8) is 0 Å². The number of hydrogen-bond acceptors (Lipinski definition) is 11. The van der Waals surface area contributed by atoms with Gasteiger partial charge in [-0.1, -0.05) is 0 Å². The summed E-state index contributed by atoms with van der Waals surface area (Å²) in [7, 11) is 0. The van der Waals surface area contributed by atoms with Gasteiger partial charge in [0, 0.05) is 33.4 Å². The Balaban J connectivity index is 2.71. The van der Waals surface area contributed by atoms with E-state index in [1.54, 1.807) is 13.0 Å². The third-order valence-electron chi connectivity index (χ3n) is 4.66. The summed E-state index contributed by atoms with van der Waals surface area (Å²) in [4.78, 5) is 59.9. The van der Waals surface area contributed by atoms with Gasteiger partial charge in [-0.25, -0.2) is 0 Å². The van der Waals surface area contributed by atoms with Crippen molar-refractivity contribution in [2.24, 2.45) is 0 Å². The molecule has 0 aliphatic carbocycles. The van der Waals surface area contributed by atoms with Gasteiger partial charge >= 0.3 is 23.9 Å². The lowest BCUT2D eigenvalue weighted by Crippen LogP contribution is -2.61. The molecule has 0 radical (unpaired) electrons. The molecule has 0 N–H and O–H groups in total. The summed E-state index contributed by atoms with van der Waals surface area (Å²) in [6.07, 6.45) is -6.84. The summed E-state index contributed by atoms with van der Waals surface area (Å²) in [5.74, 6) is -3.03. The minimum atomic E-state index is -1.45. The number of esters is 4. The van der Waals surface area contributed by atoms with Crippen LogP contribution in [0.15, 0.2) is 16.9 Å². The number of carbonyl (C=O) groups excluding carboxylic acids is 4. The maximum atomic E-state index is 13.0. The zero-order valence-electron chi connectivity index (χ0n) is 18.7. The molecule has 1 aromatic heterocycles. The van der Waals surface area contributed by atoms with E-state index in [0.717, 1.165) is 32.3 Å². The van der Waals surface area contributed by atoms with Crippen LogP contribution in [0.1, 0.15) is 45.2 Å². The van der Waals surface area contributed by atoms with E-state index in [0.29, 0.717) is 5.69 Å². The lowest BCUT2D eigenvalue weighted by Gasteiger charge is -2.45. The van der Waals surface area contributed by atoms with Crippen molar-refractivity contribution >= 4 is 23.9 Å². The van der Waals surface area contributed by atoms with Crippen molar-refractivity contribution < 1.29 is 42.9 Å². The number of carbonyl (C=O) groups is 4. The predicted molar refractivity (Wildman–Crippen MR) is 107 cm³/mol. The van der Waals surface area contributed by atoms with E-state index in [-0.39, 0.29) is 5.56 Å². The quantitative estimate of drug-likeness (QED) is 0.420. The van der Waals surface area contributed by atoms with Gasteiger partial charge in [0.1, 0.15) is 24.3 Å². The molecule has 1 fully saturated rings. The summed E-state index contributed by atoms with van der Waals surface area (Å²) in [6.45, 7) is 5.56. The molecular formula is C21H24N2O10. The predicted octanol–water partition coefficient (Wildman–Crippen LogP) is 0.284. The van der Waals surface area contributed by atoms with Gasteiger partial charge in [0.2, 0.25) is 0 Å². The second-order valence-electron chi connectivity index (χ2n) is 7.27. The van der Waals surface area contributed by atoms with Crippen LogP contribution in [0.4, 0.5) is 0 Å². The highest BCUT2D eigenvalue weighted by Gasteiger charge is 2.53. The number of rotatable bonds is 6. The van der Waals surface area contributed by atoms with Gasteiger partial charge in [0.25, 0.3) is 5.56 Å². The fourth-order valence-electron chi connectivity index (χ4n) is 3.46. The number of pyridine rings is 1. The van der Waals surface area contributed by atoms with Crippen LogP contribution < -0.4 is 5.56 Å². The van der Waals surface area contributed by atoms with Crippen LogP contribution in [-0.4, -0.2) is 59.5 Å². The molecule has 1 aromatic rings. The maximum absolute atomic E-state index is 13.0. The molecule has 0 saturated carbocycles. The molecule has 1 saturated heterocycles. The number of hydrogen-bond donors (Lipinski definition) is 0. The fraction of sp³-hybridized carbons (Fsp3) is 0.524. The topological polar surface area (TPSA) is 160 Å². The first kappa shape index (κ1) is 25.5. The van der Waals surface area contributed by atoms with E-state index in [4.69, 9.17) is 23.7 Å². The summed E-state index contributed by atoms with van der Waals surface area (Å²) in [5.41, 5.74) is -0.633. The second kappa shape index (κ2) is 10.7. The molecule has 12 nitrogen and oxygen atoms in total. The molecule has 0 spiro atoms. The number of aromatic nitrogens is 1. The first-order valence-corrected chi connectivity index (χ1v) is 9.89. The smallest absolute Gasteiger partial charge is 0.303 e. The summed E-state index contributed by atoms with van der Waals surface area (Å²) in [5, 5.41) is 9.28. The normalized spacial score (nSPS) is 24.2. The number of ether oxygens (including phenoxy) is 5. The lowest BCUT2D eigenvalue weighted by atomic mass is 9.96. The third kappa shape index (κ3) is 6.17. The molecule has 12 heteroatoms. The van der Waals surface area contributed by atoms with Crippen molar-refractivity contribution in [2.75, 3.05) is 6.61 Å². The van der Waals surface area contributed by atoms with E-state index < -0.39 is 66.7 Å². The van der Waals surface area contributed by atoms with Crippen LogP contribution in [-0.2, 0) is 42.9 Å². The van der Waals surface area contributed by atoms with Crippen molar-refractivity contribution in [3.8, 4) is 6.07 Å². The zero-order chi connectivity index (χ0) is 24.9. The van der Waals surface area contributed by atoms with Gasteiger partial charge in [0.15, 0.2) is 24.5 Å². The average molecular weight is 464 g/mol. The monoisotopic (exact) mass is 464 g/mol. The Hall–Kier alpha value is -3.72. The van der Waals surface area contributed by atoms with Crippen LogP contribution >= 0.6 is 0 Å². The first-order chi connectivity index (χ1) is 15.5. The Morgan fingerprint density at radius 2 is 1.48 bits per heavy atom. The molecule has 178 valence electrons. The minimum absolute atomic E-state index is 0.214. The highest BCUT2D eigenvalue weighted by atomic mass is 16.7. The third-order valence-corrected chi connectivity index (χ3v) is 4.66. The van der Waals surface area contributed by atoms with Gasteiger partial charge < -0.3 is 23.7 Å². The molecule has 0 bridgehead atoms. The van der Waals surface area contributed by atoms with E-state index >= 15 is 0 Å². The average Bonchev–Trinajstić information content (AvgIpc) is 2.69. The molecule has 5 atom stereocenters. The van der Waals surface area contributed by atoms with Gasteiger partial charge in [0.05, 0.1) is 0 Å². The zero-order valence-corrected chi connectivity index (χ0v) is 18.7. The maximum Gasteiger partial charge on any atom is 0.303 e. The molecule has 0 amide bonds. The highest BCUT2D eigenvalue weighted by molar-refractivity contribution is 5.68. The Morgan fingerprint density at radius 3 is 2.00 bits per heavy atom. The first-order valence-electron chi connectivity index (χ1n) is 9.89. The highest BCUT2D eigenvalue weighted by Crippen LogP contribution is 2.34. The fourth-order valence-corrected chi connectivity index (χ4v) is 3.46. The molecule has 1 aliphatic rings. The van der Waals surface area contributed by atoms with Crippen molar-refractivity contribution in [2.45, 2.75) is 65.3 Å². The number of nitriles is 1. The largest absolute Gasteiger partial charge is 0.463 e. The van der Waals surface area contributed by atoms with E-state index in [9.17, 15) is 29.2 Å². The SMILES string of the molecule is CC(=O)OC[C@H]1O[C@@H](n2c(C)ccc(C#N)c2=O)[C@H](OC(C)=O)[C@@H](OC(C)=O)[C@@H]1OC(C)=O. The van der Waals surface area contributed by atoms with Gasteiger partial charge in [-0.3, -0.25) is 28.5 Å². The summed E-state index contributed by atoms with van der Waals surface area (Å²) < 4.78 is 28.0. The second-order valence-corrected chi connectivity index (χ2v) is 7.27. The number of aryl methyl sites for hydroxylation is 1. The number of nitrogens with zero attached hydrogens (tertiary/aromatic N) is 2. The molecule has 2 heterocycles. The molecule has 2 rings (SSSR count). The van der Waals surface area contributed by atoms with Crippen LogP contribution in [0.25, 0.3) is 0 Å². The van der Waals surface area contributed by atoms with Crippen LogP contribution in [0.5, 0.6) is 0 Å². The van der Waals surface area contributed by atoms with Crippen LogP contribution in [0.3, 0.4) is 0 Å². The van der Waals surface area contributed by atoms with Crippen molar-refractivity contribution in [1.82, 2.24) is 4.57 Å². The lowest BCUT2D eigenvalue weighted by molar-refractivity contribution is -0.269. The molecule has 33 heavy (non-hydrogen) atoms. The standard InChI is InChI=1S/C21H24N2O10/c1-10-6-7-15(8-22)20(28)23(10)21-19(32-14(5)27)18(31-13(4)26)17(30-12(3)25)16(33-21)9-29-11(2)24/h6-7,16-19,21H,9H2,1-5H3/t16-,17-,18+,19-,21-/m1/s1. The van der Waals surface area contributed by atoms with Crippen molar-refractivity contribution in [1.29, 1.82) is 5.26 Å². The van der Waals surface area contributed by atoms with E-state index in [1.807, 2.05) is 0 Å². The molecular weight excluding hydrogens is 440 g/mol. The Kier molecular flexibility index (Phi) is 8.31. The molecule has 0 aromatic carbocycles. The van der Waals surface area contributed by atoms with Gasteiger partial charge in [-0.15, -0.1) is 0 Å². The molecule has 0 unspecified atom stereocenters. The molecule has 1 aliphatic heterocycles. The van der Waals surface area contributed by atoms with Crippen molar-refractivity contribution in [3.05, 3.63) is 33.7 Å². The Bertz CT molecular complexity index is 1040. The van der Waals surface area contributed by atoms with Crippen LogP contribution in [0, 0.1) is 18.3 Å². The Labute approximate surface area is 188 Å². The summed E-state index contributed by atoms with van der Waals surface area (Å²) in [6, 6.07) is 4.57. The summed E-state index contributed by atoms with van der Waals surface area (Å²) >= 11 is 0.